The van der Waals surface area contributed by atoms with Crippen LogP contribution < -0.4 is 16.0 Å². The number of hydrogen-bond acceptors (Lipinski definition) is 5. The number of guanidine groups is 1. The van der Waals surface area contributed by atoms with Crippen molar-refractivity contribution in [3.63, 3.8) is 0 Å². The van der Waals surface area contributed by atoms with Crippen molar-refractivity contribution < 1.29 is 9.53 Å². The minimum absolute atomic E-state index is 0. The van der Waals surface area contributed by atoms with Gasteiger partial charge in [0.15, 0.2) is 5.96 Å². The summed E-state index contributed by atoms with van der Waals surface area (Å²) in [5.41, 5.74) is -0.473. The van der Waals surface area contributed by atoms with Crippen LogP contribution in [0.2, 0.25) is 0 Å². The number of nitrogens with zero attached hydrogens (tertiary/aromatic N) is 4. The lowest BCUT2D eigenvalue weighted by Crippen LogP contribution is -2.39. The van der Waals surface area contributed by atoms with Gasteiger partial charge >= 0.3 is 6.09 Å². The van der Waals surface area contributed by atoms with Crippen molar-refractivity contribution in [3.8, 4) is 0 Å². The first-order valence-corrected chi connectivity index (χ1v) is 10.7. The Kier molecular flexibility index (Phi) is 12.0. The molecule has 10 heteroatoms. The Morgan fingerprint density at radius 1 is 1.07 bits per heavy atom. The predicted molar refractivity (Wildman–Crippen MR) is 130 cm³/mol. The largest absolute Gasteiger partial charge is 0.444 e. The number of nitrogens with one attached hydrogen (secondary N) is 3. The van der Waals surface area contributed by atoms with Gasteiger partial charge in [-0.2, -0.15) is 0 Å². The normalized spacial score (nSPS) is 14.2. The second-order valence-electron chi connectivity index (χ2n) is 8.31. The monoisotopic (exact) mass is 535 g/mol. The molecule has 0 spiro atoms. The summed E-state index contributed by atoms with van der Waals surface area (Å²) in [6, 6.07) is 0. The van der Waals surface area contributed by atoms with E-state index in [2.05, 4.69) is 35.7 Å². The van der Waals surface area contributed by atoms with Crippen LogP contribution in [0.4, 0.5) is 4.79 Å². The third-order valence-corrected chi connectivity index (χ3v) is 4.59. The van der Waals surface area contributed by atoms with Gasteiger partial charge in [0.05, 0.1) is 0 Å². The van der Waals surface area contributed by atoms with Gasteiger partial charge in [0.2, 0.25) is 0 Å². The van der Waals surface area contributed by atoms with Crippen molar-refractivity contribution in [2.45, 2.75) is 77.9 Å². The van der Waals surface area contributed by atoms with Gasteiger partial charge in [-0.3, -0.25) is 4.99 Å². The second kappa shape index (κ2) is 13.7. The Morgan fingerprint density at radius 2 is 1.77 bits per heavy atom. The van der Waals surface area contributed by atoms with Crippen LogP contribution in [0.3, 0.4) is 0 Å². The van der Waals surface area contributed by atoms with E-state index in [0.29, 0.717) is 13.1 Å². The van der Waals surface area contributed by atoms with Crippen LogP contribution in [0.25, 0.3) is 0 Å². The molecule has 0 saturated carbocycles. The summed E-state index contributed by atoms with van der Waals surface area (Å²) in [6.07, 6.45) is 7.04. The fourth-order valence-electron chi connectivity index (χ4n) is 3.20. The van der Waals surface area contributed by atoms with Gasteiger partial charge in [-0.1, -0.05) is 6.42 Å². The van der Waals surface area contributed by atoms with Gasteiger partial charge in [-0.25, -0.2) is 4.79 Å². The average Bonchev–Trinajstić information content (AvgIpc) is 2.88. The topological polar surface area (TPSA) is 105 Å². The molecule has 1 aromatic rings. The SMILES string of the molecule is CN=C(NCCCNC(=O)OC(C)(C)C)NCCCc1nnc2n1CCCCC2.I. The molecule has 2 heterocycles. The number of carbonyl (C=O) groups is 1. The number of rotatable bonds is 8. The Morgan fingerprint density at radius 3 is 2.47 bits per heavy atom. The first kappa shape index (κ1) is 26.4. The maximum atomic E-state index is 11.6. The van der Waals surface area contributed by atoms with Crippen LogP contribution in [-0.4, -0.2) is 59.1 Å². The highest BCUT2D eigenvalue weighted by Gasteiger charge is 2.15. The van der Waals surface area contributed by atoms with E-state index in [0.717, 1.165) is 56.4 Å². The molecular weight excluding hydrogens is 497 g/mol. The van der Waals surface area contributed by atoms with Gasteiger partial charge in [0, 0.05) is 46.1 Å². The van der Waals surface area contributed by atoms with Crippen molar-refractivity contribution in [1.29, 1.82) is 0 Å². The molecule has 1 aromatic heterocycles. The molecule has 9 nitrogen and oxygen atoms in total. The van der Waals surface area contributed by atoms with E-state index in [1.807, 2.05) is 20.8 Å². The smallest absolute Gasteiger partial charge is 0.407 e. The predicted octanol–water partition coefficient (Wildman–Crippen LogP) is 2.63. The molecule has 0 aromatic carbocycles. The van der Waals surface area contributed by atoms with E-state index in [1.165, 1.54) is 19.3 Å². The Labute approximate surface area is 197 Å². The highest BCUT2D eigenvalue weighted by Crippen LogP contribution is 2.15. The number of aromatic nitrogens is 3. The van der Waals surface area contributed by atoms with Crippen molar-refractivity contribution in [1.82, 2.24) is 30.7 Å². The van der Waals surface area contributed by atoms with Crippen molar-refractivity contribution in [2.75, 3.05) is 26.7 Å². The first-order valence-electron chi connectivity index (χ1n) is 10.7. The van der Waals surface area contributed by atoms with Crippen LogP contribution in [0, 0.1) is 0 Å². The van der Waals surface area contributed by atoms with E-state index >= 15 is 0 Å². The number of fused-ring (bicyclic) bond motifs is 1. The van der Waals surface area contributed by atoms with E-state index < -0.39 is 5.60 Å². The van der Waals surface area contributed by atoms with E-state index in [4.69, 9.17) is 4.74 Å². The van der Waals surface area contributed by atoms with Crippen LogP contribution in [0.1, 0.15) is 64.5 Å². The number of carbonyl (C=O) groups excluding carboxylic acids is 1. The number of aryl methyl sites for hydroxylation is 2. The van der Waals surface area contributed by atoms with Gasteiger partial charge in [-0.15, -0.1) is 34.2 Å². The number of amides is 1. The summed E-state index contributed by atoms with van der Waals surface area (Å²) in [4.78, 5) is 15.8. The van der Waals surface area contributed by atoms with Gasteiger partial charge in [0.1, 0.15) is 17.2 Å². The van der Waals surface area contributed by atoms with Crippen molar-refractivity contribution in [3.05, 3.63) is 11.6 Å². The molecule has 3 N–H and O–H groups in total. The van der Waals surface area contributed by atoms with E-state index in [1.54, 1.807) is 7.05 Å². The molecule has 0 unspecified atom stereocenters. The van der Waals surface area contributed by atoms with E-state index in [9.17, 15) is 4.79 Å². The molecule has 1 aliphatic rings. The molecule has 0 fully saturated rings. The molecule has 2 rings (SSSR count). The summed E-state index contributed by atoms with van der Waals surface area (Å²) in [5.74, 6) is 3.00. The van der Waals surface area contributed by atoms with Gasteiger partial charge in [-0.05, 0) is 46.5 Å². The molecule has 1 amide bonds. The van der Waals surface area contributed by atoms with Crippen molar-refractivity contribution in [2.24, 2.45) is 4.99 Å². The number of ether oxygens (including phenoxy) is 1. The summed E-state index contributed by atoms with van der Waals surface area (Å²) in [7, 11) is 1.76. The number of aliphatic imine (C=N–C) groups is 1. The molecule has 0 saturated heterocycles. The fraction of sp³-hybridized carbons (Fsp3) is 0.800. The molecule has 30 heavy (non-hydrogen) atoms. The molecule has 172 valence electrons. The second-order valence-corrected chi connectivity index (χ2v) is 8.31. The zero-order valence-electron chi connectivity index (χ0n) is 18.8. The Balaban J connectivity index is 0.00000450. The first-order chi connectivity index (χ1) is 13.9. The highest BCUT2D eigenvalue weighted by atomic mass is 127. The fourth-order valence-corrected chi connectivity index (χ4v) is 3.20. The minimum Gasteiger partial charge on any atom is -0.444 e. The average molecular weight is 535 g/mol. The highest BCUT2D eigenvalue weighted by molar-refractivity contribution is 14.0. The lowest BCUT2D eigenvalue weighted by molar-refractivity contribution is 0.0527. The zero-order valence-corrected chi connectivity index (χ0v) is 21.1. The van der Waals surface area contributed by atoms with Gasteiger partial charge < -0.3 is 25.3 Å². The zero-order chi connectivity index (χ0) is 21.1. The summed E-state index contributed by atoms with van der Waals surface area (Å²) in [5, 5.41) is 18.1. The molecule has 0 radical (unpaired) electrons. The molecule has 1 aliphatic heterocycles. The molecular formula is C20H38IN7O2. The number of hydrogen-bond donors (Lipinski definition) is 3. The van der Waals surface area contributed by atoms with E-state index in [-0.39, 0.29) is 30.1 Å². The molecule has 0 aliphatic carbocycles. The maximum Gasteiger partial charge on any atom is 0.407 e. The number of halogens is 1. The van der Waals surface area contributed by atoms with Crippen LogP contribution in [-0.2, 0) is 24.1 Å². The number of alkyl carbamates (subject to hydrolysis) is 1. The summed E-state index contributed by atoms with van der Waals surface area (Å²) >= 11 is 0. The lowest BCUT2D eigenvalue weighted by atomic mass is 10.2. The third-order valence-electron chi connectivity index (χ3n) is 4.59. The standard InChI is InChI=1S/C20H37N7O2.HI/c1-20(2,3)29-19(28)24-14-9-13-23-18(21-4)22-12-8-11-17-26-25-16-10-6-5-7-15-27(16)17;/h5-15H2,1-4H3,(H,24,28)(H2,21,22,23);1H. The molecule has 0 atom stereocenters. The quantitative estimate of drug-likeness (QED) is 0.205. The minimum atomic E-state index is -0.473. The van der Waals surface area contributed by atoms with Gasteiger partial charge in [0.25, 0.3) is 0 Å². The Hall–Kier alpha value is -1.59. The summed E-state index contributed by atoms with van der Waals surface area (Å²) < 4.78 is 7.51. The van der Waals surface area contributed by atoms with Crippen LogP contribution in [0.15, 0.2) is 4.99 Å². The van der Waals surface area contributed by atoms with Crippen molar-refractivity contribution >= 4 is 36.0 Å². The van der Waals surface area contributed by atoms with Crippen LogP contribution >= 0.6 is 24.0 Å². The maximum absolute atomic E-state index is 11.6. The molecule has 0 bridgehead atoms. The third kappa shape index (κ3) is 9.94. The summed E-state index contributed by atoms with van der Waals surface area (Å²) in [6.45, 7) is 8.68. The Bertz CT molecular complexity index is 671. The van der Waals surface area contributed by atoms with Crippen LogP contribution in [0.5, 0.6) is 0 Å². The lowest BCUT2D eigenvalue weighted by Gasteiger charge is -2.19.